The van der Waals surface area contributed by atoms with Gasteiger partial charge in [-0.25, -0.2) is 0 Å². The summed E-state index contributed by atoms with van der Waals surface area (Å²) in [4.78, 5) is 22.8. The Morgan fingerprint density at radius 2 is 1.56 bits per heavy atom. The lowest BCUT2D eigenvalue weighted by Crippen LogP contribution is -2.45. The molecule has 154 valence electrons. The summed E-state index contributed by atoms with van der Waals surface area (Å²) in [5, 5.41) is 20.8. The van der Waals surface area contributed by atoms with Gasteiger partial charge < -0.3 is 24.2 Å². The van der Waals surface area contributed by atoms with Gasteiger partial charge in [0.2, 0.25) is 0 Å². The highest BCUT2D eigenvalue weighted by Gasteiger charge is 2.23. The topological polar surface area (TPSA) is 86.7 Å². The number of nitrogens with zero attached hydrogens (tertiary/aromatic N) is 1. The Kier molecular flexibility index (Phi) is 13.2. The largest absolute Gasteiger partial charge is 0.550 e. The molecule has 27 heavy (non-hydrogen) atoms. The number of aliphatic hydroxyl groups is 1. The molecule has 0 heterocycles. The number of ether oxygens (including phenoxy) is 1. The Labute approximate surface area is 163 Å². The van der Waals surface area contributed by atoms with Crippen LogP contribution >= 0.6 is 0 Å². The highest BCUT2D eigenvalue weighted by atomic mass is 16.5. The lowest BCUT2D eigenvalue weighted by Gasteiger charge is -2.29. The number of hydrogen-bond acceptors (Lipinski definition) is 5. The molecule has 0 rings (SSSR count). The normalized spacial score (nSPS) is 14.9. The van der Waals surface area contributed by atoms with Crippen LogP contribution in [0.4, 0.5) is 0 Å². The molecule has 0 radical (unpaired) electrons. The van der Waals surface area contributed by atoms with Crippen LogP contribution in [0.5, 0.6) is 0 Å². The minimum atomic E-state index is -1.26. The molecule has 0 fully saturated rings. The number of rotatable bonds is 14. The van der Waals surface area contributed by atoms with E-state index in [9.17, 15) is 19.8 Å². The second-order valence-corrected chi connectivity index (χ2v) is 7.55. The molecule has 0 aliphatic carbocycles. The molecule has 2 atom stereocenters. The zero-order chi connectivity index (χ0) is 20.7. The van der Waals surface area contributed by atoms with Crippen molar-refractivity contribution in [3.8, 4) is 0 Å². The minimum Gasteiger partial charge on any atom is -0.550 e. The fraction of sp³-hybridized carbons (Fsp3) is 0.619. The highest BCUT2D eigenvalue weighted by Crippen LogP contribution is 2.08. The molecule has 0 amide bonds. The van der Waals surface area contributed by atoms with Crippen LogP contribution in [0.3, 0.4) is 0 Å². The summed E-state index contributed by atoms with van der Waals surface area (Å²) < 4.78 is 5.68. The van der Waals surface area contributed by atoms with Crippen LogP contribution < -0.4 is 5.11 Å². The maximum absolute atomic E-state index is 11.9. The number of quaternary nitrogens is 1. The SMILES string of the molecule is CC/C=C/C/C=C/C/C=C/CC(O)CC(=O)OC(CC(=O)[O-])C[N+](C)(C)C. The first-order chi connectivity index (χ1) is 12.6. The van der Waals surface area contributed by atoms with Gasteiger partial charge >= 0.3 is 5.97 Å². The lowest BCUT2D eigenvalue weighted by atomic mass is 10.1. The van der Waals surface area contributed by atoms with Crippen LogP contribution in [-0.4, -0.2) is 61.4 Å². The van der Waals surface area contributed by atoms with Gasteiger partial charge in [-0.2, -0.15) is 0 Å². The molecule has 0 aliphatic heterocycles. The Morgan fingerprint density at radius 1 is 1.00 bits per heavy atom. The van der Waals surface area contributed by atoms with Crippen molar-refractivity contribution in [1.82, 2.24) is 0 Å². The fourth-order valence-electron chi connectivity index (χ4n) is 2.41. The predicted molar refractivity (Wildman–Crippen MR) is 105 cm³/mol. The maximum Gasteiger partial charge on any atom is 0.308 e. The van der Waals surface area contributed by atoms with Gasteiger partial charge in [0.05, 0.1) is 33.7 Å². The number of aliphatic hydroxyl groups excluding tert-OH is 1. The molecule has 1 N–H and O–H groups in total. The molecule has 0 aromatic heterocycles. The number of esters is 1. The van der Waals surface area contributed by atoms with E-state index in [0.29, 0.717) is 17.4 Å². The van der Waals surface area contributed by atoms with E-state index in [2.05, 4.69) is 25.2 Å². The van der Waals surface area contributed by atoms with Crippen LogP contribution in [-0.2, 0) is 14.3 Å². The molecule has 0 aliphatic rings. The van der Waals surface area contributed by atoms with Crippen LogP contribution in [0.15, 0.2) is 36.5 Å². The van der Waals surface area contributed by atoms with Crippen LogP contribution in [0.1, 0.15) is 45.4 Å². The Balaban J connectivity index is 4.21. The van der Waals surface area contributed by atoms with E-state index in [0.717, 1.165) is 19.3 Å². The number of aliphatic carboxylic acids is 1. The second-order valence-electron chi connectivity index (χ2n) is 7.55. The number of allylic oxidation sites excluding steroid dienone is 5. The summed E-state index contributed by atoms with van der Waals surface area (Å²) in [6.45, 7) is 2.45. The molecular formula is C21H35NO5. The molecule has 0 saturated heterocycles. The lowest BCUT2D eigenvalue weighted by molar-refractivity contribution is -0.873. The minimum absolute atomic E-state index is 0.164. The van der Waals surface area contributed by atoms with Gasteiger partial charge in [0.25, 0.3) is 0 Å². The number of carboxylic acid groups (broad SMARTS) is 1. The van der Waals surface area contributed by atoms with Crippen molar-refractivity contribution >= 4 is 11.9 Å². The van der Waals surface area contributed by atoms with Crippen molar-refractivity contribution in [2.24, 2.45) is 0 Å². The van der Waals surface area contributed by atoms with Crippen molar-refractivity contribution in [2.75, 3.05) is 27.7 Å². The average molecular weight is 382 g/mol. The highest BCUT2D eigenvalue weighted by molar-refractivity contribution is 5.71. The summed E-state index contributed by atoms with van der Waals surface area (Å²) in [5.41, 5.74) is 0. The van der Waals surface area contributed by atoms with E-state index in [1.54, 1.807) is 0 Å². The number of carbonyl (C=O) groups excluding carboxylic acids is 2. The first-order valence-corrected chi connectivity index (χ1v) is 9.46. The van der Waals surface area contributed by atoms with E-state index in [4.69, 9.17) is 4.74 Å². The molecule has 6 heteroatoms. The number of carbonyl (C=O) groups is 2. The quantitative estimate of drug-likeness (QED) is 0.281. The molecule has 0 aromatic carbocycles. The van der Waals surface area contributed by atoms with Crippen molar-refractivity contribution in [3.05, 3.63) is 36.5 Å². The van der Waals surface area contributed by atoms with Gasteiger partial charge in [0.1, 0.15) is 6.54 Å². The monoisotopic (exact) mass is 381 g/mol. The second kappa shape index (κ2) is 14.2. The van der Waals surface area contributed by atoms with Crippen LogP contribution in [0.25, 0.3) is 0 Å². The van der Waals surface area contributed by atoms with Gasteiger partial charge in [-0.05, 0) is 25.7 Å². The van der Waals surface area contributed by atoms with Crippen LogP contribution in [0, 0.1) is 0 Å². The van der Waals surface area contributed by atoms with E-state index >= 15 is 0 Å². The average Bonchev–Trinajstić information content (AvgIpc) is 2.50. The van der Waals surface area contributed by atoms with Gasteiger partial charge in [-0.3, -0.25) is 4.79 Å². The van der Waals surface area contributed by atoms with E-state index < -0.39 is 24.1 Å². The summed E-state index contributed by atoms with van der Waals surface area (Å²) in [6.07, 6.45) is 13.1. The summed E-state index contributed by atoms with van der Waals surface area (Å²) in [6, 6.07) is 0. The molecule has 0 bridgehead atoms. The predicted octanol–water partition coefficient (Wildman–Crippen LogP) is 1.74. The first kappa shape index (κ1) is 25.1. The van der Waals surface area contributed by atoms with E-state index in [1.807, 2.05) is 39.4 Å². The summed E-state index contributed by atoms with van der Waals surface area (Å²) in [5.74, 6) is -1.86. The summed E-state index contributed by atoms with van der Waals surface area (Å²) in [7, 11) is 5.64. The molecular weight excluding hydrogens is 346 g/mol. The van der Waals surface area contributed by atoms with Crippen molar-refractivity contribution in [2.45, 2.75) is 57.7 Å². The first-order valence-electron chi connectivity index (χ1n) is 9.46. The Hall–Kier alpha value is -1.92. The van der Waals surface area contributed by atoms with E-state index in [1.165, 1.54) is 0 Å². The van der Waals surface area contributed by atoms with Gasteiger partial charge in [0, 0.05) is 12.4 Å². The fourth-order valence-corrected chi connectivity index (χ4v) is 2.41. The smallest absolute Gasteiger partial charge is 0.308 e. The van der Waals surface area contributed by atoms with Crippen LogP contribution in [0.2, 0.25) is 0 Å². The van der Waals surface area contributed by atoms with Gasteiger partial charge in [-0.15, -0.1) is 0 Å². The number of likely N-dealkylation sites (N-methyl/N-ethyl adjacent to an activating group) is 1. The number of carboxylic acids is 1. The van der Waals surface area contributed by atoms with Gasteiger partial charge in [-0.1, -0.05) is 43.4 Å². The maximum atomic E-state index is 11.9. The summed E-state index contributed by atoms with van der Waals surface area (Å²) >= 11 is 0. The zero-order valence-corrected chi connectivity index (χ0v) is 17.1. The van der Waals surface area contributed by atoms with Crippen molar-refractivity contribution in [3.63, 3.8) is 0 Å². The Bertz CT molecular complexity index is 517. The third-order valence-corrected chi connectivity index (χ3v) is 3.53. The third-order valence-electron chi connectivity index (χ3n) is 3.53. The Morgan fingerprint density at radius 3 is 2.07 bits per heavy atom. The standard InChI is InChI=1S/C21H35NO5/c1-5-6-7-8-9-10-11-12-13-14-18(23)15-21(26)27-19(16-20(24)25)17-22(2,3)4/h6-7,9-10,12-13,18-19,23H,5,8,11,14-17H2,1-4H3/b7-6+,10-9+,13-12+. The molecule has 0 spiro atoms. The molecule has 2 unspecified atom stereocenters. The van der Waals surface area contributed by atoms with Crippen molar-refractivity contribution in [1.29, 1.82) is 0 Å². The third kappa shape index (κ3) is 17.3. The van der Waals surface area contributed by atoms with E-state index in [-0.39, 0.29) is 12.8 Å². The number of hydrogen-bond donors (Lipinski definition) is 1. The molecule has 6 nitrogen and oxygen atoms in total. The zero-order valence-electron chi connectivity index (χ0n) is 17.1. The molecule has 0 aromatic rings. The molecule has 0 saturated carbocycles. The van der Waals surface area contributed by atoms with Gasteiger partial charge in [0.15, 0.2) is 6.10 Å². The van der Waals surface area contributed by atoms with Crippen molar-refractivity contribution < 1.29 is 29.0 Å².